The molecule has 0 radical (unpaired) electrons. The molecule has 1 fully saturated rings. The number of nitrogens with one attached hydrogen (secondary N) is 1. The first-order valence-corrected chi connectivity index (χ1v) is 8.55. The molecule has 0 saturated carbocycles. The number of fused-ring (bicyclic) bond motifs is 2. The average Bonchev–Trinajstić information content (AvgIpc) is 3.19. The van der Waals surface area contributed by atoms with E-state index in [2.05, 4.69) is 5.32 Å². The van der Waals surface area contributed by atoms with Crippen molar-refractivity contribution in [2.24, 2.45) is 0 Å². The van der Waals surface area contributed by atoms with Crippen molar-refractivity contribution >= 4 is 35.3 Å². The molecule has 4 rings (SSSR count). The van der Waals surface area contributed by atoms with Crippen molar-refractivity contribution in [1.29, 1.82) is 0 Å². The zero-order valence-corrected chi connectivity index (χ0v) is 14.5. The highest BCUT2D eigenvalue weighted by Gasteiger charge is 2.52. The Morgan fingerprint density at radius 1 is 1.12 bits per heavy atom. The lowest BCUT2D eigenvalue weighted by atomic mass is 9.81. The van der Waals surface area contributed by atoms with E-state index >= 15 is 0 Å². The molecule has 132 valence electrons. The maximum atomic E-state index is 12.5. The number of carbonyl (C=O) groups is 3. The Hall–Kier alpha value is -2.86. The maximum absolute atomic E-state index is 12.5. The molecular formula is C19H15ClN2O4. The number of benzene rings is 2. The highest BCUT2D eigenvalue weighted by Crippen LogP contribution is 2.44. The molecule has 1 spiro atoms. The van der Waals surface area contributed by atoms with Crippen molar-refractivity contribution in [3.8, 4) is 0 Å². The van der Waals surface area contributed by atoms with Gasteiger partial charge in [-0.25, -0.2) is 9.59 Å². The second-order valence-corrected chi connectivity index (χ2v) is 6.85. The molecule has 0 bridgehead atoms. The first kappa shape index (κ1) is 16.6. The molecule has 6 nitrogen and oxygen atoms in total. The molecule has 0 aliphatic carbocycles. The number of carbonyl (C=O) groups excluding carboxylic acids is 3. The number of nitrogens with zero attached hydrogens (tertiary/aromatic N) is 1. The Balaban J connectivity index is 1.49. The monoisotopic (exact) mass is 370 g/mol. The van der Waals surface area contributed by atoms with Gasteiger partial charge in [0.1, 0.15) is 0 Å². The van der Waals surface area contributed by atoms with Crippen LogP contribution in [-0.4, -0.2) is 36.0 Å². The Kier molecular flexibility index (Phi) is 3.92. The summed E-state index contributed by atoms with van der Waals surface area (Å²) in [5, 5.41) is 3.35. The van der Waals surface area contributed by atoms with Gasteiger partial charge >= 0.3 is 12.1 Å². The van der Waals surface area contributed by atoms with Crippen LogP contribution in [0.25, 0.3) is 0 Å². The fourth-order valence-corrected chi connectivity index (χ4v) is 3.66. The average molecular weight is 371 g/mol. The first-order valence-electron chi connectivity index (χ1n) is 8.17. The molecule has 1 saturated heterocycles. The van der Waals surface area contributed by atoms with E-state index in [1.165, 1.54) is 17.0 Å². The molecule has 2 heterocycles. The quantitative estimate of drug-likeness (QED) is 0.617. The van der Waals surface area contributed by atoms with Gasteiger partial charge in [0.25, 0.3) is 0 Å². The Morgan fingerprint density at radius 2 is 1.85 bits per heavy atom. The molecule has 2 aromatic rings. The standard InChI is InChI=1S/C19H15ClN2O4/c20-13-7-5-12(6-8-13)16(23)26-18(25)22-10-9-19(11-22)14-3-1-2-4-15(14)21-17(19)24/h1-8H,9-11H2,(H,21,24). The van der Waals surface area contributed by atoms with Crippen LogP contribution in [0.5, 0.6) is 0 Å². The van der Waals surface area contributed by atoms with Crippen LogP contribution in [0.4, 0.5) is 10.5 Å². The Morgan fingerprint density at radius 3 is 2.62 bits per heavy atom. The molecule has 2 aromatic carbocycles. The molecule has 2 aliphatic rings. The summed E-state index contributed by atoms with van der Waals surface area (Å²) in [6.45, 7) is 0.525. The highest BCUT2D eigenvalue weighted by molar-refractivity contribution is 6.30. The Labute approximate surface area is 154 Å². The minimum absolute atomic E-state index is 0.127. The SMILES string of the molecule is O=C(OC(=O)N1CCC2(C1)C(=O)Nc1ccccc12)c1ccc(Cl)cc1. The lowest BCUT2D eigenvalue weighted by molar-refractivity contribution is -0.120. The van der Waals surface area contributed by atoms with Crippen LogP contribution in [-0.2, 0) is 14.9 Å². The number of halogens is 1. The van der Waals surface area contributed by atoms with Crippen molar-refractivity contribution < 1.29 is 19.1 Å². The van der Waals surface area contributed by atoms with Gasteiger partial charge in [-0.3, -0.25) is 4.79 Å². The van der Waals surface area contributed by atoms with Crippen LogP contribution in [0.1, 0.15) is 22.3 Å². The third-order valence-corrected chi connectivity index (χ3v) is 5.16. The van der Waals surface area contributed by atoms with Crippen LogP contribution in [0.15, 0.2) is 48.5 Å². The summed E-state index contributed by atoms with van der Waals surface area (Å²) in [6.07, 6.45) is -0.265. The van der Waals surface area contributed by atoms with Crippen LogP contribution in [0, 0.1) is 0 Å². The molecule has 1 N–H and O–H groups in total. The summed E-state index contributed by atoms with van der Waals surface area (Å²) in [6, 6.07) is 13.5. The van der Waals surface area contributed by atoms with Crippen LogP contribution < -0.4 is 5.32 Å². The molecular weight excluding hydrogens is 356 g/mol. The summed E-state index contributed by atoms with van der Waals surface area (Å²) < 4.78 is 4.96. The normalized spacial score (nSPS) is 20.8. The number of hydrogen-bond donors (Lipinski definition) is 1. The lowest BCUT2D eigenvalue weighted by Crippen LogP contribution is -2.39. The van der Waals surface area contributed by atoms with Gasteiger partial charge in [0.2, 0.25) is 5.91 Å². The summed E-state index contributed by atoms with van der Waals surface area (Å²) in [5.74, 6) is -0.873. The van der Waals surface area contributed by atoms with Crippen molar-refractivity contribution in [3.63, 3.8) is 0 Å². The second-order valence-electron chi connectivity index (χ2n) is 6.42. The first-order chi connectivity index (χ1) is 12.5. The third kappa shape index (κ3) is 2.63. The van der Waals surface area contributed by atoms with Crippen LogP contribution >= 0.6 is 11.6 Å². The largest absolute Gasteiger partial charge is 0.417 e. The van der Waals surface area contributed by atoms with Gasteiger partial charge in [0, 0.05) is 23.8 Å². The number of amides is 2. The van der Waals surface area contributed by atoms with Gasteiger partial charge < -0.3 is 15.0 Å². The van der Waals surface area contributed by atoms with E-state index in [0.717, 1.165) is 11.3 Å². The van der Waals surface area contributed by atoms with Gasteiger partial charge in [0.15, 0.2) is 0 Å². The van der Waals surface area contributed by atoms with E-state index in [1.807, 2.05) is 24.3 Å². The van der Waals surface area contributed by atoms with Crippen molar-refractivity contribution in [2.75, 3.05) is 18.4 Å². The minimum Gasteiger partial charge on any atom is -0.372 e. The molecule has 1 unspecified atom stereocenters. The zero-order valence-electron chi connectivity index (χ0n) is 13.7. The topological polar surface area (TPSA) is 75.7 Å². The summed E-state index contributed by atoms with van der Waals surface area (Å²) >= 11 is 5.78. The number of hydrogen-bond acceptors (Lipinski definition) is 4. The number of ether oxygens (including phenoxy) is 1. The zero-order chi connectivity index (χ0) is 18.3. The van der Waals surface area contributed by atoms with Crippen LogP contribution in [0.2, 0.25) is 5.02 Å². The predicted octanol–water partition coefficient (Wildman–Crippen LogP) is 3.21. The fourth-order valence-electron chi connectivity index (χ4n) is 3.53. The molecule has 2 aliphatic heterocycles. The highest BCUT2D eigenvalue weighted by atomic mass is 35.5. The summed E-state index contributed by atoms with van der Waals surface area (Å²) in [4.78, 5) is 38.4. The maximum Gasteiger partial charge on any atom is 0.417 e. The van der Waals surface area contributed by atoms with E-state index in [4.69, 9.17) is 16.3 Å². The molecule has 26 heavy (non-hydrogen) atoms. The van der Waals surface area contributed by atoms with E-state index in [-0.39, 0.29) is 18.0 Å². The molecule has 2 amide bonds. The smallest absolute Gasteiger partial charge is 0.372 e. The predicted molar refractivity (Wildman–Crippen MR) is 95.2 cm³/mol. The van der Waals surface area contributed by atoms with E-state index < -0.39 is 17.5 Å². The van der Waals surface area contributed by atoms with Gasteiger partial charge in [-0.2, -0.15) is 0 Å². The number of esters is 1. The van der Waals surface area contributed by atoms with Gasteiger partial charge in [-0.1, -0.05) is 29.8 Å². The van der Waals surface area contributed by atoms with E-state index in [1.54, 1.807) is 12.1 Å². The number of likely N-dealkylation sites (tertiary alicyclic amines) is 1. The van der Waals surface area contributed by atoms with Crippen molar-refractivity contribution in [3.05, 3.63) is 64.7 Å². The van der Waals surface area contributed by atoms with Gasteiger partial charge in [-0.05, 0) is 42.3 Å². The number of anilines is 1. The molecule has 1 atom stereocenters. The fraction of sp³-hybridized carbons (Fsp3) is 0.211. The molecule has 0 aromatic heterocycles. The number of rotatable bonds is 1. The Bertz CT molecular complexity index is 912. The summed E-state index contributed by atoms with van der Waals surface area (Å²) in [7, 11) is 0. The van der Waals surface area contributed by atoms with Gasteiger partial charge in [0.05, 0.1) is 11.0 Å². The summed E-state index contributed by atoms with van der Waals surface area (Å²) in [5.41, 5.74) is 1.11. The van der Waals surface area contributed by atoms with Crippen LogP contribution in [0.3, 0.4) is 0 Å². The minimum atomic E-state index is -0.779. The second kappa shape index (κ2) is 6.14. The van der Waals surface area contributed by atoms with Gasteiger partial charge in [-0.15, -0.1) is 0 Å². The van der Waals surface area contributed by atoms with Crippen molar-refractivity contribution in [2.45, 2.75) is 11.8 Å². The van der Waals surface area contributed by atoms with E-state index in [0.29, 0.717) is 18.0 Å². The third-order valence-electron chi connectivity index (χ3n) is 4.91. The van der Waals surface area contributed by atoms with Crippen molar-refractivity contribution in [1.82, 2.24) is 4.90 Å². The molecule has 7 heteroatoms. The van der Waals surface area contributed by atoms with E-state index in [9.17, 15) is 14.4 Å². The number of para-hydroxylation sites is 1. The lowest BCUT2D eigenvalue weighted by Gasteiger charge is -2.22.